The molecule has 2 aliphatic heterocycles. The maximum Gasteiger partial charge on any atom is 0.0459 e. The highest BCUT2D eigenvalue weighted by molar-refractivity contribution is 5.60. The number of hydrogen-bond acceptors (Lipinski definition) is 2. The van der Waals surface area contributed by atoms with Crippen LogP contribution in [0.2, 0.25) is 0 Å². The van der Waals surface area contributed by atoms with Gasteiger partial charge in [-0.3, -0.25) is 0 Å². The number of benzene rings is 1. The van der Waals surface area contributed by atoms with E-state index in [9.17, 15) is 0 Å². The van der Waals surface area contributed by atoms with E-state index >= 15 is 0 Å². The third-order valence-electron chi connectivity index (χ3n) is 3.41. The number of para-hydroxylation sites is 1. The number of anilines is 1. The molecule has 0 aliphatic carbocycles. The van der Waals surface area contributed by atoms with Crippen molar-refractivity contribution in [2.75, 3.05) is 18.0 Å². The molecule has 0 saturated carbocycles. The summed E-state index contributed by atoms with van der Waals surface area (Å²) in [5.74, 6) is 0. The van der Waals surface area contributed by atoms with Gasteiger partial charge < -0.3 is 10.2 Å². The summed E-state index contributed by atoms with van der Waals surface area (Å²) in [5.41, 5.74) is 2.99. The van der Waals surface area contributed by atoms with E-state index in [4.69, 9.17) is 0 Å². The zero-order valence-electron chi connectivity index (χ0n) is 14.5. The molecule has 0 bridgehead atoms. The van der Waals surface area contributed by atoms with Crippen LogP contribution in [-0.4, -0.2) is 25.2 Å². The lowest BCUT2D eigenvalue weighted by molar-refractivity contribution is 0.430. The van der Waals surface area contributed by atoms with Crippen LogP contribution in [0.25, 0.3) is 0 Å². The lowest BCUT2D eigenvalue weighted by Gasteiger charge is -2.38. The minimum Gasteiger partial charge on any atom is -0.363 e. The second-order valence-corrected chi connectivity index (χ2v) is 4.40. The van der Waals surface area contributed by atoms with Gasteiger partial charge in [-0.25, -0.2) is 0 Å². The highest BCUT2D eigenvalue weighted by Crippen LogP contribution is 2.34. The molecule has 2 aliphatic rings. The first-order valence-electron chi connectivity index (χ1n) is 8.43. The molecule has 1 aromatic carbocycles. The summed E-state index contributed by atoms with van der Waals surface area (Å²) in [5, 5.41) is 3.50. The summed E-state index contributed by atoms with van der Waals surface area (Å²) in [4.78, 5) is 2.59. The van der Waals surface area contributed by atoms with Crippen molar-refractivity contribution in [3.63, 3.8) is 0 Å². The van der Waals surface area contributed by atoms with Gasteiger partial charge in [-0.2, -0.15) is 0 Å². The van der Waals surface area contributed by atoms with Gasteiger partial charge in [0.1, 0.15) is 0 Å². The SMILES string of the molecule is CC.CC.CC.CC1CNCC2Cc3ccccc3N12. The van der Waals surface area contributed by atoms with E-state index in [1.807, 2.05) is 41.5 Å². The largest absolute Gasteiger partial charge is 0.363 e. The molecule has 116 valence electrons. The second-order valence-electron chi connectivity index (χ2n) is 4.40. The lowest BCUT2D eigenvalue weighted by atomic mass is 10.1. The minimum absolute atomic E-state index is 0.636. The van der Waals surface area contributed by atoms with Crippen molar-refractivity contribution in [1.29, 1.82) is 0 Å². The van der Waals surface area contributed by atoms with Crippen molar-refractivity contribution in [2.24, 2.45) is 0 Å². The number of rotatable bonds is 0. The Labute approximate surface area is 126 Å². The topological polar surface area (TPSA) is 15.3 Å². The zero-order chi connectivity index (χ0) is 15.5. The molecule has 1 N–H and O–H groups in total. The van der Waals surface area contributed by atoms with Crippen LogP contribution < -0.4 is 10.2 Å². The number of piperazine rings is 1. The molecule has 0 spiro atoms. The Morgan fingerprint density at radius 3 is 2.20 bits per heavy atom. The lowest BCUT2D eigenvalue weighted by Crippen LogP contribution is -2.54. The Balaban J connectivity index is 0.000000538. The molecular weight excluding hydrogens is 244 g/mol. The predicted molar refractivity (Wildman–Crippen MR) is 92.8 cm³/mol. The van der Waals surface area contributed by atoms with Crippen LogP contribution >= 0.6 is 0 Å². The normalized spacial score (nSPS) is 21.9. The van der Waals surface area contributed by atoms with Gasteiger partial charge in [-0.05, 0) is 25.0 Å². The summed E-state index contributed by atoms with van der Waals surface area (Å²) in [6, 6.07) is 10.1. The summed E-state index contributed by atoms with van der Waals surface area (Å²) < 4.78 is 0. The number of fused-ring (bicyclic) bond motifs is 3. The first kappa shape index (κ1) is 19.0. The Kier molecular flexibility index (Phi) is 10.2. The monoisotopic (exact) mass is 278 g/mol. The van der Waals surface area contributed by atoms with Crippen molar-refractivity contribution < 1.29 is 0 Å². The Hall–Kier alpha value is -1.02. The number of nitrogens with zero attached hydrogens (tertiary/aromatic N) is 1. The summed E-state index contributed by atoms with van der Waals surface area (Å²) in [7, 11) is 0. The third-order valence-corrected chi connectivity index (χ3v) is 3.41. The fourth-order valence-electron chi connectivity index (χ4n) is 2.81. The smallest absolute Gasteiger partial charge is 0.0459 e. The Bertz CT molecular complexity index is 349. The van der Waals surface area contributed by atoms with Crippen LogP contribution in [-0.2, 0) is 6.42 Å². The molecule has 0 radical (unpaired) electrons. The second kappa shape index (κ2) is 10.7. The number of hydrogen-bond donors (Lipinski definition) is 1. The van der Waals surface area contributed by atoms with Gasteiger partial charge in [0.15, 0.2) is 0 Å². The van der Waals surface area contributed by atoms with Gasteiger partial charge in [0, 0.05) is 30.9 Å². The van der Waals surface area contributed by atoms with Gasteiger partial charge in [0.05, 0.1) is 0 Å². The maximum atomic E-state index is 3.50. The quantitative estimate of drug-likeness (QED) is 0.752. The molecule has 2 unspecified atom stereocenters. The fourth-order valence-corrected chi connectivity index (χ4v) is 2.81. The van der Waals surface area contributed by atoms with Crippen LogP contribution in [0.15, 0.2) is 24.3 Å². The van der Waals surface area contributed by atoms with Crippen molar-refractivity contribution >= 4 is 5.69 Å². The molecule has 0 aromatic heterocycles. The van der Waals surface area contributed by atoms with Gasteiger partial charge in [0.2, 0.25) is 0 Å². The molecule has 1 fully saturated rings. The highest BCUT2D eigenvalue weighted by atomic mass is 15.3. The summed E-state index contributed by atoms with van der Waals surface area (Å²) in [6.45, 7) is 16.6. The van der Waals surface area contributed by atoms with Crippen molar-refractivity contribution in [3.05, 3.63) is 29.8 Å². The molecule has 2 nitrogen and oxygen atoms in total. The van der Waals surface area contributed by atoms with Crippen molar-refractivity contribution in [2.45, 2.75) is 67.0 Å². The zero-order valence-corrected chi connectivity index (χ0v) is 14.5. The van der Waals surface area contributed by atoms with Crippen LogP contribution in [0.4, 0.5) is 5.69 Å². The van der Waals surface area contributed by atoms with Gasteiger partial charge in [-0.1, -0.05) is 59.7 Å². The molecule has 20 heavy (non-hydrogen) atoms. The minimum atomic E-state index is 0.636. The first-order chi connectivity index (χ1) is 9.86. The Morgan fingerprint density at radius 2 is 1.55 bits per heavy atom. The van der Waals surface area contributed by atoms with E-state index < -0.39 is 0 Å². The Morgan fingerprint density at radius 1 is 0.950 bits per heavy atom. The predicted octanol–water partition coefficient (Wildman–Crippen LogP) is 4.49. The van der Waals surface area contributed by atoms with Crippen LogP contribution in [0, 0.1) is 0 Å². The van der Waals surface area contributed by atoms with Crippen molar-refractivity contribution in [1.82, 2.24) is 5.32 Å². The molecule has 1 aromatic rings. The van der Waals surface area contributed by atoms with E-state index in [1.54, 1.807) is 0 Å². The molecular formula is C18H34N2. The standard InChI is InChI=1S/C12H16N2.3C2H6/c1-9-7-13-8-11-6-10-4-2-3-5-12(10)14(9)11;3*1-2/h2-5,9,11,13H,6-8H2,1H3;3*1-2H3. The van der Waals surface area contributed by atoms with E-state index in [2.05, 4.69) is 41.4 Å². The molecule has 1 saturated heterocycles. The molecule has 2 heterocycles. The first-order valence-corrected chi connectivity index (χ1v) is 8.43. The summed E-state index contributed by atoms with van der Waals surface area (Å²) >= 11 is 0. The van der Waals surface area contributed by atoms with Gasteiger partial charge in [0.25, 0.3) is 0 Å². The van der Waals surface area contributed by atoms with Crippen LogP contribution in [0.1, 0.15) is 54.0 Å². The molecule has 2 atom stereocenters. The van der Waals surface area contributed by atoms with Crippen LogP contribution in [0.3, 0.4) is 0 Å². The molecule has 3 rings (SSSR count). The maximum absolute atomic E-state index is 3.50. The van der Waals surface area contributed by atoms with E-state index in [0.29, 0.717) is 12.1 Å². The number of nitrogens with one attached hydrogen (secondary N) is 1. The third kappa shape index (κ3) is 4.24. The van der Waals surface area contributed by atoms with Gasteiger partial charge in [-0.15, -0.1) is 0 Å². The summed E-state index contributed by atoms with van der Waals surface area (Å²) in [6.07, 6.45) is 1.22. The van der Waals surface area contributed by atoms with E-state index in [0.717, 1.165) is 13.1 Å². The average Bonchev–Trinajstić information content (AvgIpc) is 2.93. The molecule has 0 amide bonds. The van der Waals surface area contributed by atoms with Crippen LogP contribution in [0.5, 0.6) is 0 Å². The fraction of sp³-hybridized carbons (Fsp3) is 0.667. The molecule has 2 heteroatoms. The van der Waals surface area contributed by atoms with E-state index in [1.165, 1.54) is 17.7 Å². The van der Waals surface area contributed by atoms with Crippen molar-refractivity contribution in [3.8, 4) is 0 Å². The van der Waals surface area contributed by atoms with E-state index in [-0.39, 0.29) is 0 Å². The van der Waals surface area contributed by atoms with Gasteiger partial charge >= 0.3 is 0 Å². The average molecular weight is 278 g/mol. The highest BCUT2D eigenvalue weighted by Gasteiger charge is 2.34.